The van der Waals surface area contributed by atoms with Gasteiger partial charge in [0.05, 0.1) is 6.21 Å². The third kappa shape index (κ3) is 6.09. The van der Waals surface area contributed by atoms with E-state index < -0.39 is 6.04 Å². The van der Waals surface area contributed by atoms with E-state index >= 15 is 0 Å². The topological polar surface area (TPSA) is 75.5 Å². The van der Waals surface area contributed by atoms with Crippen LogP contribution in [0.5, 0.6) is 0 Å². The Morgan fingerprint density at radius 1 is 1.00 bits per heavy atom. The zero-order valence-electron chi connectivity index (χ0n) is 21.5. The van der Waals surface area contributed by atoms with Crippen LogP contribution in [0.1, 0.15) is 46.6 Å². The molecule has 6 nitrogen and oxygen atoms in total. The van der Waals surface area contributed by atoms with Gasteiger partial charge in [0, 0.05) is 39.3 Å². The highest BCUT2D eigenvalue weighted by Gasteiger charge is 2.24. The molecule has 1 atom stereocenters. The minimum absolute atomic E-state index is 0.142. The molecule has 1 heterocycles. The number of hydrogen-bond donors (Lipinski definition) is 2. The lowest BCUT2D eigenvalue weighted by Crippen LogP contribution is -2.48. The molecule has 4 aromatic rings. The van der Waals surface area contributed by atoms with Crippen LogP contribution in [0.2, 0.25) is 5.02 Å². The molecule has 0 radical (unpaired) electrons. The van der Waals surface area contributed by atoms with Crippen molar-refractivity contribution in [3.05, 3.63) is 106 Å². The van der Waals surface area contributed by atoms with Gasteiger partial charge in [-0.3, -0.25) is 9.59 Å². The minimum Gasteiger partial charge on any atom is -0.340 e. The number of aryl methyl sites for hydroxylation is 1. The first kappa shape index (κ1) is 26.2. The fourth-order valence-corrected chi connectivity index (χ4v) is 4.63. The van der Waals surface area contributed by atoms with Crippen molar-refractivity contribution in [3.8, 4) is 0 Å². The number of halogens is 1. The number of carbonyl (C=O) groups is 2. The van der Waals surface area contributed by atoms with Crippen LogP contribution in [0.3, 0.4) is 0 Å². The molecule has 2 N–H and O–H groups in total. The highest BCUT2D eigenvalue weighted by Crippen LogP contribution is 2.26. The molecule has 0 aliphatic rings. The zero-order valence-corrected chi connectivity index (χ0v) is 22.2. The predicted octanol–water partition coefficient (Wildman–Crippen LogP) is 5.86. The van der Waals surface area contributed by atoms with E-state index in [9.17, 15) is 9.59 Å². The standard InChI is InChI=1S/C30H31ClN4O2/c1-19(2)28(33-29(36)23-11-8-12-24(31)16-23)30(37)34-32-17-26-21(4)35(27-14-6-5-13-25(26)27)18-22-10-7-9-20(3)15-22/h5-17,19,28H,18H2,1-4H3,(H,33,36)(H,34,37)/b32-17-. The van der Waals surface area contributed by atoms with Crippen LogP contribution < -0.4 is 10.7 Å². The van der Waals surface area contributed by atoms with Crippen LogP contribution in [0.25, 0.3) is 10.9 Å². The Kier molecular flexibility index (Phi) is 8.09. The maximum atomic E-state index is 13.0. The third-order valence-electron chi connectivity index (χ3n) is 6.39. The number of para-hydroxylation sites is 1. The second-order valence-corrected chi connectivity index (χ2v) is 9.97. The lowest BCUT2D eigenvalue weighted by molar-refractivity contribution is -0.123. The van der Waals surface area contributed by atoms with Crippen molar-refractivity contribution in [2.75, 3.05) is 0 Å². The first-order chi connectivity index (χ1) is 17.7. The van der Waals surface area contributed by atoms with Crippen LogP contribution in [-0.4, -0.2) is 28.6 Å². The quantitative estimate of drug-likeness (QED) is 0.228. The molecular formula is C30H31ClN4O2. The van der Waals surface area contributed by atoms with Gasteiger partial charge in [-0.2, -0.15) is 5.10 Å². The summed E-state index contributed by atoms with van der Waals surface area (Å²) in [6, 6.07) is 22.5. The number of carbonyl (C=O) groups excluding carboxylic acids is 2. The second-order valence-electron chi connectivity index (χ2n) is 9.53. The summed E-state index contributed by atoms with van der Waals surface area (Å²) in [7, 11) is 0. The number of nitrogens with zero attached hydrogens (tertiary/aromatic N) is 2. The summed E-state index contributed by atoms with van der Waals surface area (Å²) in [6.45, 7) is 8.62. The average Bonchev–Trinajstić information content (AvgIpc) is 3.13. The van der Waals surface area contributed by atoms with E-state index in [1.54, 1.807) is 30.5 Å². The molecule has 4 rings (SSSR count). The van der Waals surface area contributed by atoms with Gasteiger partial charge in [0.25, 0.3) is 11.8 Å². The highest BCUT2D eigenvalue weighted by molar-refractivity contribution is 6.31. The monoisotopic (exact) mass is 514 g/mol. The Hall–Kier alpha value is -3.90. The summed E-state index contributed by atoms with van der Waals surface area (Å²) in [4.78, 5) is 25.7. The zero-order chi connectivity index (χ0) is 26.5. The molecule has 0 saturated heterocycles. The van der Waals surface area contributed by atoms with Crippen molar-refractivity contribution in [2.45, 2.75) is 40.3 Å². The number of nitrogens with one attached hydrogen (secondary N) is 2. The SMILES string of the molecule is Cc1cccc(Cn2c(C)c(/C=N\NC(=O)C(NC(=O)c3cccc(Cl)c3)C(C)C)c3ccccc32)c1. The van der Waals surface area contributed by atoms with Gasteiger partial charge < -0.3 is 9.88 Å². The van der Waals surface area contributed by atoms with E-state index in [1.165, 1.54) is 11.1 Å². The Morgan fingerprint density at radius 2 is 1.76 bits per heavy atom. The van der Waals surface area contributed by atoms with Gasteiger partial charge in [-0.05, 0) is 49.6 Å². The molecule has 0 saturated carbocycles. The normalized spacial score (nSPS) is 12.3. The lowest BCUT2D eigenvalue weighted by atomic mass is 10.0. The summed E-state index contributed by atoms with van der Waals surface area (Å²) in [5, 5.41) is 8.59. The maximum Gasteiger partial charge on any atom is 0.262 e. The van der Waals surface area contributed by atoms with Crippen LogP contribution in [0, 0.1) is 19.8 Å². The van der Waals surface area contributed by atoms with Gasteiger partial charge >= 0.3 is 0 Å². The van der Waals surface area contributed by atoms with Gasteiger partial charge in [0.1, 0.15) is 6.04 Å². The van der Waals surface area contributed by atoms with Crippen molar-refractivity contribution < 1.29 is 9.59 Å². The van der Waals surface area contributed by atoms with Crippen LogP contribution >= 0.6 is 11.6 Å². The van der Waals surface area contributed by atoms with Crippen LogP contribution in [-0.2, 0) is 11.3 Å². The Balaban J connectivity index is 1.53. The van der Waals surface area contributed by atoms with E-state index in [0.717, 1.165) is 28.7 Å². The molecule has 0 aliphatic carbocycles. The molecule has 0 bridgehead atoms. The Labute approximate surface area is 222 Å². The smallest absolute Gasteiger partial charge is 0.262 e. The van der Waals surface area contributed by atoms with Crippen molar-refractivity contribution in [1.29, 1.82) is 0 Å². The van der Waals surface area contributed by atoms with E-state index in [1.807, 2.05) is 26.0 Å². The van der Waals surface area contributed by atoms with Crippen molar-refractivity contribution in [3.63, 3.8) is 0 Å². The molecule has 2 amide bonds. The Bertz CT molecular complexity index is 1470. The number of hydrazone groups is 1. The first-order valence-corrected chi connectivity index (χ1v) is 12.6. The van der Waals surface area contributed by atoms with Gasteiger partial charge in [-0.25, -0.2) is 5.43 Å². The minimum atomic E-state index is -0.757. The number of aromatic nitrogens is 1. The van der Waals surface area contributed by atoms with Crippen LogP contribution in [0.4, 0.5) is 0 Å². The Morgan fingerprint density at radius 3 is 2.49 bits per heavy atom. The number of rotatable bonds is 8. The number of hydrogen-bond acceptors (Lipinski definition) is 3. The first-order valence-electron chi connectivity index (χ1n) is 12.3. The fourth-order valence-electron chi connectivity index (χ4n) is 4.44. The summed E-state index contributed by atoms with van der Waals surface area (Å²) in [5.74, 6) is -0.894. The van der Waals surface area contributed by atoms with Gasteiger partial charge in [0.15, 0.2) is 0 Å². The van der Waals surface area contributed by atoms with E-state index in [2.05, 4.69) is 70.7 Å². The highest BCUT2D eigenvalue weighted by atomic mass is 35.5. The second kappa shape index (κ2) is 11.4. The summed E-state index contributed by atoms with van der Waals surface area (Å²) in [6.07, 6.45) is 1.68. The van der Waals surface area contributed by atoms with Crippen molar-refractivity contribution >= 4 is 40.5 Å². The largest absolute Gasteiger partial charge is 0.340 e. The predicted molar refractivity (Wildman–Crippen MR) is 150 cm³/mol. The molecule has 0 fully saturated rings. The summed E-state index contributed by atoms with van der Waals surface area (Å²) >= 11 is 6.01. The molecule has 1 unspecified atom stereocenters. The molecular weight excluding hydrogens is 484 g/mol. The maximum absolute atomic E-state index is 13.0. The third-order valence-corrected chi connectivity index (χ3v) is 6.63. The van der Waals surface area contributed by atoms with Gasteiger partial charge in [0.2, 0.25) is 0 Å². The van der Waals surface area contributed by atoms with E-state index in [0.29, 0.717) is 10.6 Å². The van der Waals surface area contributed by atoms with Crippen LogP contribution in [0.15, 0.2) is 77.9 Å². The summed E-state index contributed by atoms with van der Waals surface area (Å²) in [5.41, 5.74) is 8.54. The molecule has 190 valence electrons. The lowest BCUT2D eigenvalue weighted by Gasteiger charge is -2.20. The fraction of sp³-hybridized carbons (Fsp3) is 0.233. The van der Waals surface area contributed by atoms with E-state index in [-0.39, 0.29) is 17.7 Å². The van der Waals surface area contributed by atoms with Crippen molar-refractivity contribution in [2.24, 2.45) is 11.0 Å². The number of fused-ring (bicyclic) bond motifs is 1. The van der Waals surface area contributed by atoms with Crippen molar-refractivity contribution in [1.82, 2.24) is 15.3 Å². The average molecular weight is 515 g/mol. The molecule has 37 heavy (non-hydrogen) atoms. The van der Waals surface area contributed by atoms with Gasteiger partial charge in [-0.15, -0.1) is 0 Å². The molecule has 0 spiro atoms. The number of amides is 2. The molecule has 3 aromatic carbocycles. The molecule has 7 heteroatoms. The van der Waals surface area contributed by atoms with E-state index in [4.69, 9.17) is 11.6 Å². The molecule has 0 aliphatic heterocycles. The number of benzene rings is 3. The molecule has 1 aromatic heterocycles. The van der Waals surface area contributed by atoms with Gasteiger partial charge in [-0.1, -0.05) is 79.5 Å². The summed E-state index contributed by atoms with van der Waals surface area (Å²) < 4.78 is 2.26.